The first-order valence-electron chi connectivity index (χ1n) is 8.89. The van der Waals surface area contributed by atoms with Gasteiger partial charge in [-0.05, 0) is 31.5 Å². The summed E-state index contributed by atoms with van der Waals surface area (Å²) in [7, 11) is 0. The van der Waals surface area contributed by atoms with E-state index in [-0.39, 0.29) is 24.8 Å². The fraction of sp³-hybridized carbons (Fsp3) is 0.421. The Morgan fingerprint density at radius 3 is 2.45 bits per heavy atom. The molecule has 0 unspecified atom stereocenters. The van der Waals surface area contributed by atoms with Gasteiger partial charge in [0.15, 0.2) is 5.69 Å². The Morgan fingerprint density at radius 2 is 1.86 bits per heavy atom. The van der Waals surface area contributed by atoms with Gasteiger partial charge in [0.25, 0.3) is 0 Å². The third-order valence-electron chi connectivity index (χ3n) is 4.25. The predicted octanol–water partition coefficient (Wildman–Crippen LogP) is 4.12. The molecule has 1 aliphatic heterocycles. The van der Waals surface area contributed by atoms with Gasteiger partial charge in [0, 0.05) is 24.3 Å². The lowest BCUT2D eigenvalue weighted by Gasteiger charge is -2.35. The van der Waals surface area contributed by atoms with Gasteiger partial charge in [-0.25, -0.2) is 14.8 Å². The van der Waals surface area contributed by atoms with Crippen LogP contribution in [0.25, 0.3) is 0 Å². The summed E-state index contributed by atoms with van der Waals surface area (Å²) in [6.45, 7) is 4.13. The molecule has 6 nitrogen and oxygen atoms in total. The number of hydrogen-bond donors (Lipinski definition) is 0. The number of anilines is 1. The van der Waals surface area contributed by atoms with Crippen molar-refractivity contribution in [2.45, 2.75) is 38.8 Å². The third-order valence-corrected chi connectivity index (χ3v) is 4.50. The van der Waals surface area contributed by atoms with Crippen LogP contribution >= 0.6 is 11.6 Å². The van der Waals surface area contributed by atoms with Gasteiger partial charge in [0.1, 0.15) is 12.2 Å². The molecule has 2 atom stereocenters. The number of aromatic nitrogens is 2. The second kappa shape index (κ2) is 8.54. The topological polar surface area (TPSA) is 64.6 Å². The van der Waals surface area contributed by atoms with E-state index < -0.39 is 23.4 Å². The third kappa shape index (κ3) is 5.36. The number of carbonyl (C=O) groups is 1. The molecule has 1 aliphatic rings. The maximum Gasteiger partial charge on any atom is 0.434 e. The average Bonchev–Trinajstić information content (AvgIpc) is 2.65. The zero-order valence-corrected chi connectivity index (χ0v) is 16.5. The van der Waals surface area contributed by atoms with Gasteiger partial charge in [-0.1, -0.05) is 23.7 Å². The van der Waals surface area contributed by atoms with E-state index in [4.69, 9.17) is 21.1 Å². The molecule has 1 aromatic carbocycles. The number of benzene rings is 1. The van der Waals surface area contributed by atoms with Crippen LogP contribution in [0.2, 0.25) is 5.02 Å². The van der Waals surface area contributed by atoms with E-state index >= 15 is 0 Å². The van der Waals surface area contributed by atoms with Gasteiger partial charge >= 0.3 is 12.1 Å². The van der Waals surface area contributed by atoms with Crippen molar-refractivity contribution in [1.29, 1.82) is 0 Å². The molecule has 1 aromatic heterocycles. The van der Waals surface area contributed by atoms with Gasteiger partial charge in [-0.2, -0.15) is 13.2 Å². The van der Waals surface area contributed by atoms with Crippen molar-refractivity contribution in [1.82, 2.24) is 9.97 Å². The highest BCUT2D eigenvalue weighted by Gasteiger charge is 2.39. The summed E-state index contributed by atoms with van der Waals surface area (Å²) in [5.41, 5.74) is -1.47. The van der Waals surface area contributed by atoms with E-state index in [9.17, 15) is 18.0 Å². The van der Waals surface area contributed by atoms with Gasteiger partial charge < -0.3 is 14.4 Å². The first kappa shape index (κ1) is 21.3. The van der Waals surface area contributed by atoms with Crippen LogP contribution in [0.3, 0.4) is 0 Å². The molecule has 2 aromatic rings. The lowest BCUT2D eigenvalue weighted by molar-refractivity contribution is -0.141. The maximum atomic E-state index is 13.6. The van der Waals surface area contributed by atoms with E-state index in [0.29, 0.717) is 23.7 Å². The molecule has 156 valence electrons. The first-order chi connectivity index (χ1) is 13.6. The number of halogens is 4. The number of nitrogens with zero attached hydrogens (tertiary/aromatic N) is 3. The fourth-order valence-electron chi connectivity index (χ4n) is 3.04. The molecule has 0 spiro atoms. The lowest BCUT2D eigenvalue weighted by atomic mass is 10.2. The number of rotatable bonds is 4. The Hall–Kier alpha value is -2.39. The van der Waals surface area contributed by atoms with Gasteiger partial charge in [0.2, 0.25) is 5.95 Å². The van der Waals surface area contributed by atoms with E-state index in [1.807, 2.05) is 13.8 Å². The Bertz CT molecular complexity index is 867. The zero-order valence-electron chi connectivity index (χ0n) is 15.7. The molecular formula is C19H19ClF3N3O3. The second-order valence-electron chi connectivity index (χ2n) is 6.79. The van der Waals surface area contributed by atoms with Crippen LogP contribution in [0, 0.1) is 0 Å². The number of ether oxygens (including phenoxy) is 2. The van der Waals surface area contributed by atoms with Crippen molar-refractivity contribution in [3.8, 4) is 0 Å². The van der Waals surface area contributed by atoms with Gasteiger partial charge in [-0.15, -0.1) is 0 Å². The van der Waals surface area contributed by atoms with Crippen molar-refractivity contribution in [2.75, 3.05) is 18.0 Å². The highest BCUT2D eigenvalue weighted by Crippen LogP contribution is 2.32. The van der Waals surface area contributed by atoms with E-state index in [1.165, 1.54) is 0 Å². The highest BCUT2D eigenvalue weighted by atomic mass is 35.5. The minimum Gasteiger partial charge on any atom is -0.457 e. The van der Waals surface area contributed by atoms with E-state index in [0.717, 1.165) is 6.20 Å². The minimum atomic E-state index is -4.84. The molecule has 0 bridgehead atoms. The molecule has 1 saturated heterocycles. The van der Waals surface area contributed by atoms with Gasteiger partial charge in [-0.3, -0.25) is 0 Å². The normalized spacial score (nSPS) is 19.9. The first-order valence-corrected chi connectivity index (χ1v) is 9.27. The maximum absolute atomic E-state index is 13.6. The Labute approximate surface area is 170 Å². The minimum absolute atomic E-state index is 0.103. The molecule has 1 fully saturated rings. The number of alkyl halides is 3. The lowest BCUT2D eigenvalue weighted by Crippen LogP contribution is -2.46. The standard InChI is InChI=1S/C19H19ClF3N3O3/c1-11-8-26(9-12(2)29-11)18-24-7-15(16(25-18)19(21,22)23)17(27)28-10-13-3-5-14(20)6-4-13/h3-7,11-12H,8-10H2,1-2H3/t11-,12+. The van der Waals surface area contributed by atoms with Crippen LogP contribution in [0.15, 0.2) is 30.5 Å². The van der Waals surface area contributed by atoms with Crippen molar-refractivity contribution in [3.63, 3.8) is 0 Å². The van der Waals surface area contributed by atoms with Crippen molar-refractivity contribution in [2.24, 2.45) is 0 Å². The number of hydrogen-bond acceptors (Lipinski definition) is 6. The average molecular weight is 430 g/mol. The Kier molecular flexibility index (Phi) is 6.28. The smallest absolute Gasteiger partial charge is 0.434 e. The second-order valence-corrected chi connectivity index (χ2v) is 7.23. The molecule has 0 N–H and O–H groups in total. The molecule has 0 saturated carbocycles. The van der Waals surface area contributed by atoms with Crippen LogP contribution in [0.1, 0.15) is 35.5 Å². The molecule has 10 heteroatoms. The number of morpholine rings is 1. The van der Waals surface area contributed by atoms with Gasteiger partial charge in [0.05, 0.1) is 12.2 Å². The summed E-state index contributed by atoms with van der Waals surface area (Å²) in [4.78, 5) is 21.5. The van der Waals surface area contributed by atoms with Crippen LogP contribution in [0.5, 0.6) is 0 Å². The molecule has 3 rings (SSSR count). The van der Waals surface area contributed by atoms with Crippen molar-refractivity contribution >= 4 is 23.5 Å². The fourth-order valence-corrected chi connectivity index (χ4v) is 3.16. The molecular weight excluding hydrogens is 411 g/mol. The highest BCUT2D eigenvalue weighted by molar-refractivity contribution is 6.30. The SMILES string of the molecule is C[C@@H]1CN(c2ncc(C(=O)OCc3ccc(Cl)cc3)c(C(F)(F)F)n2)C[C@H](C)O1. The molecule has 0 aliphatic carbocycles. The van der Waals surface area contributed by atoms with Crippen LogP contribution in [0.4, 0.5) is 19.1 Å². The summed E-state index contributed by atoms with van der Waals surface area (Å²) < 4.78 is 51.3. The van der Waals surface area contributed by atoms with Crippen molar-refractivity contribution in [3.05, 3.63) is 52.3 Å². The Morgan fingerprint density at radius 1 is 1.24 bits per heavy atom. The number of carbonyl (C=O) groups excluding carboxylic acids is 1. The summed E-state index contributed by atoms with van der Waals surface area (Å²) in [6, 6.07) is 6.41. The molecule has 0 amide bonds. The largest absolute Gasteiger partial charge is 0.457 e. The van der Waals surface area contributed by atoms with E-state index in [2.05, 4.69) is 9.97 Å². The predicted molar refractivity (Wildman–Crippen MR) is 99.8 cm³/mol. The van der Waals surface area contributed by atoms with Crippen LogP contribution in [-0.2, 0) is 22.3 Å². The molecule has 29 heavy (non-hydrogen) atoms. The molecule has 0 radical (unpaired) electrons. The van der Waals surface area contributed by atoms with Crippen LogP contribution < -0.4 is 4.90 Å². The Balaban J connectivity index is 1.82. The van der Waals surface area contributed by atoms with Crippen LogP contribution in [-0.4, -0.2) is 41.2 Å². The monoisotopic (exact) mass is 429 g/mol. The zero-order chi connectivity index (χ0) is 21.2. The molecule has 2 heterocycles. The number of esters is 1. The summed E-state index contributed by atoms with van der Waals surface area (Å²) >= 11 is 5.78. The summed E-state index contributed by atoms with van der Waals surface area (Å²) in [6.07, 6.45) is -4.34. The quantitative estimate of drug-likeness (QED) is 0.681. The summed E-state index contributed by atoms with van der Waals surface area (Å²) in [5.74, 6) is -1.25. The van der Waals surface area contributed by atoms with E-state index in [1.54, 1.807) is 29.2 Å². The van der Waals surface area contributed by atoms with Crippen molar-refractivity contribution < 1.29 is 27.4 Å². The summed E-state index contributed by atoms with van der Waals surface area (Å²) in [5, 5.41) is 0.496.